The van der Waals surface area contributed by atoms with Gasteiger partial charge in [-0.15, -0.1) is 11.3 Å². The smallest absolute Gasteiger partial charge is 0.252 e. The lowest BCUT2D eigenvalue weighted by molar-refractivity contribution is -0.123. The number of rotatable bonds is 6. The minimum absolute atomic E-state index is 0.0476. The number of furan rings is 1. The molecule has 10 heteroatoms. The highest BCUT2D eigenvalue weighted by molar-refractivity contribution is 7.91. The number of thiazole rings is 1. The van der Waals surface area contributed by atoms with E-state index in [9.17, 15) is 13.2 Å². The third-order valence-corrected chi connectivity index (χ3v) is 9.90. The van der Waals surface area contributed by atoms with E-state index in [-0.39, 0.29) is 11.8 Å². The molecule has 0 spiro atoms. The van der Waals surface area contributed by atoms with Gasteiger partial charge >= 0.3 is 0 Å². The number of thiophene rings is 1. The summed E-state index contributed by atoms with van der Waals surface area (Å²) >= 11 is 2.68. The van der Waals surface area contributed by atoms with Crippen LogP contribution in [0.4, 0.5) is 5.13 Å². The maximum Gasteiger partial charge on any atom is 0.252 e. The second-order valence-corrected chi connectivity index (χ2v) is 11.7. The van der Waals surface area contributed by atoms with E-state index in [1.54, 1.807) is 34.7 Å². The molecule has 4 aromatic rings. The number of aromatic nitrogens is 1. The van der Waals surface area contributed by atoms with Crippen LogP contribution in [-0.4, -0.2) is 36.7 Å². The molecule has 0 bridgehead atoms. The number of piperidine rings is 1. The summed E-state index contributed by atoms with van der Waals surface area (Å²) < 4.78 is 34.0. The standard InChI is InChI=1S/C22H21N3O4S3/c26-21(16-9-11-24(12-10-16)32(27,28)20-8-4-14-30-20)25(15-17-5-3-13-29-17)22-23-18-6-1-2-7-19(18)31-22/h1-8,13-14,16H,9-12,15H2. The van der Waals surface area contributed by atoms with Gasteiger partial charge in [0.15, 0.2) is 5.13 Å². The summed E-state index contributed by atoms with van der Waals surface area (Å²) in [7, 11) is -3.50. The molecule has 1 aliphatic rings. The first-order valence-corrected chi connectivity index (χ1v) is 13.4. The van der Waals surface area contributed by atoms with E-state index in [2.05, 4.69) is 4.98 Å². The van der Waals surface area contributed by atoms with Gasteiger partial charge in [-0.1, -0.05) is 29.5 Å². The summed E-state index contributed by atoms with van der Waals surface area (Å²) in [6, 6.07) is 14.8. The van der Waals surface area contributed by atoms with Gasteiger partial charge in [-0.2, -0.15) is 4.31 Å². The Balaban J connectivity index is 1.36. The van der Waals surface area contributed by atoms with Crippen LogP contribution in [0.2, 0.25) is 0 Å². The van der Waals surface area contributed by atoms with Crippen molar-refractivity contribution in [2.75, 3.05) is 18.0 Å². The molecule has 0 atom stereocenters. The summed E-state index contributed by atoms with van der Waals surface area (Å²) in [5, 5.41) is 2.38. The minimum atomic E-state index is -3.50. The third-order valence-electron chi connectivity index (χ3n) is 5.57. The maximum absolute atomic E-state index is 13.6. The van der Waals surface area contributed by atoms with Crippen LogP contribution in [0.15, 0.2) is 68.8 Å². The van der Waals surface area contributed by atoms with Gasteiger partial charge in [-0.3, -0.25) is 9.69 Å². The Hall–Kier alpha value is -2.53. The summed E-state index contributed by atoms with van der Waals surface area (Å²) in [6.45, 7) is 0.940. The van der Waals surface area contributed by atoms with Crippen LogP contribution in [0.3, 0.4) is 0 Å². The Kier molecular flexibility index (Phi) is 5.85. The molecule has 1 aromatic carbocycles. The molecule has 166 valence electrons. The minimum Gasteiger partial charge on any atom is -0.467 e. The molecule has 0 saturated carbocycles. The lowest BCUT2D eigenvalue weighted by atomic mass is 9.96. The molecule has 7 nitrogen and oxygen atoms in total. The lowest BCUT2D eigenvalue weighted by Crippen LogP contribution is -2.44. The normalized spacial score (nSPS) is 15.9. The largest absolute Gasteiger partial charge is 0.467 e. The van der Waals surface area contributed by atoms with Crippen molar-refractivity contribution in [3.8, 4) is 0 Å². The summed E-state index contributed by atoms with van der Waals surface area (Å²) in [6.07, 6.45) is 2.54. The predicted octanol–water partition coefficient (Wildman–Crippen LogP) is 4.58. The molecule has 1 fully saturated rings. The van der Waals surface area contributed by atoms with Gasteiger partial charge in [0.05, 0.1) is 23.0 Å². The van der Waals surface area contributed by atoms with Crippen LogP contribution in [0.25, 0.3) is 10.2 Å². The molecule has 0 N–H and O–H groups in total. The van der Waals surface area contributed by atoms with Gasteiger partial charge < -0.3 is 4.42 Å². The van der Waals surface area contributed by atoms with Crippen LogP contribution < -0.4 is 4.90 Å². The Morgan fingerprint density at radius 1 is 1.12 bits per heavy atom. The van der Waals surface area contributed by atoms with Crippen molar-refractivity contribution < 1.29 is 17.6 Å². The monoisotopic (exact) mass is 487 g/mol. The average molecular weight is 488 g/mol. The Labute approximate surface area is 194 Å². The zero-order valence-corrected chi connectivity index (χ0v) is 19.5. The molecule has 1 amide bonds. The molecule has 0 radical (unpaired) electrons. The second kappa shape index (κ2) is 8.78. The van der Waals surface area contributed by atoms with Gasteiger partial charge in [-0.25, -0.2) is 13.4 Å². The summed E-state index contributed by atoms with van der Waals surface area (Å²) in [4.78, 5) is 19.9. The topological polar surface area (TPSA) is 83.7 Å². The fourth-order valence-electron chi connectivity index (χ4n) is 3.87. The summed E-state index contributed by atoms with van der Waals surface area (Å²) in [5.41, 5.74) is 0.849. The first-order valence-electron chi connectivity index (χ1n) is 10.3. The number of nitrogens with zero attached hydrogens (tertiary/aromatic N) is 3. The lowest BCUT2D eigenvalue weighted by Gasteiger charge is -2.32. The van der Waals surface area contributed by atoms with E-state index in [1.165, 1.54) is 27.0 Å². The highest BCUT2D eigenvalue weighted by Crippen LogP contribution is 2.33. The van der Waals surface area contributed by atoms with Crippen molar-refractivity contribution in [1.82, 2.24) is 9.29 Å². The zero-order chi connectivity index (χ0) is 22.1. The fraction of sp³-hybridized carbons (Fsp3) is 0.273. The molecule has 0 unspecified atom stereocenters. The van der Waals surface area contributed by atoms with Crippen molar-refractivity contribution in [1.29, 1.82) is 0 Å². The van der Waals surface area contributed by atoms with Crippen LogP contribution in [-0.2, 0) is 21.4 Å². The number of carbonyl (C=O) groups excluding carboxylic acids is 1. The van der Waals surface area contributed by atoms with E-state index in [0.29, 0.717) is 47.6 Å². The number of carbonyl (C=O) groups is 1. The molecule has 0 aliphatic carbocycles. The average Bonchev–Trinajstić information content (AvgIpc) is 3.58. The number of para-hydroxylation sites is 1. The van der Waals surface area contributed by atoms with Crippen LogP contribution in [0.5, 0.6) is 0 Å². The SMILES string of the molecule is O=C(C1CCN(S(=O)(=O)c2cccs2)CC1)N(Cc1ccco1)c1nc2ccccc2s1. The third kappa shape index (κ3) is 4.11. The zero-order valence-electron chi connectivity index (χ0n) is 17.1. The second-order valence-electron chi connectivity index (χ2n) is 7.58. The molecular weight excluding hydrogens is 466 g/mol. The number of hydrogen-bond donors (Lipinski definition) is 0. The van der Waals surface area contributed by atoms with Gasteiger partial charge in [0.25, 0.3) is 10.0 Å². The number of sulfonamides is 1. The van der Waals surface area contributed by atoms with Gasteiger partial charge in [0, 0.05) is 19.0 Å². The molecule has 4 heterocycles. The van der Waals surface area contributed by atoms with E-state index in [1.807, 2.05) is 30.3 Å². The van der Waals surface area contributed by atoms with E-state index in [4.69, 9.17) is 4.42 Å². The molecule has 1 saturated heterocycles. The number of amides is 1. The van der Waals surface area contributed by atoms with Crippen molar-refractivity contribution in [3.63, 3.8) is 0 Å². The Bertz CT molecular complexity index is 1270. The van der Waals surface area contributed by atoms with Crippen LogP contribution >= 0.6 is 22.7 Å². The Morgan fingerprint density at radius 3 is 2.62 bits per heavy atom. The Morgan fingerprint density at radius 2 is 1.94 bits per heavy atom. The van der Waals surface area contributed by atoms with E-state index in [0.717, 1.165) is 10.2 Å². The van der Waals surface area contributed by atoms with Crippen LogP contribution in [0.1, 0.15) is 18.6 Å². The molecule has 1 aliphatic heterocycles. The van der Waals surface area contributed by atoms with Crippen LogP contribution in [0, 0.1) is 5.92 Å². The van der Waals surface area contributed by atoms with Crippen molar-refractivity contribution >= 4 is 54.0 Å². The number of fused-ring (bicyclic) bond motifs is 1. The number of anilines is 1. The van der Waals surface area contributed by atoms with Crippen molar-refractivity contribution in [2.45, 2.75) is 23.6 Å². The maximum atomic E-state index is 13.6. The highest BCUT2D eigenvalue weighted by Gasteiger charge is 2.35. The van der Waals surface area contributed by atoms with Gasteiger partial charge in [-0.05, 0) is 48.6 Å². The van der Waals surface area contributed by atoms with Crippen molar-refractivity contribution in [2.24, 2.45) is 5.92 Å². The molecular formula is C22H21N3O4S3. The predicted molar refractivity (Wildman–Crippen MR) is 125 cm³/mol. The highest BCUT2D eigenvalue weighted by atomic mass is 32.2. The first kappa shape index (κ1) is 21.3. The number of benzene rings is 1. The quantitative estimate of drug-likeness (QED) is 0.397. The molecule has 32 heavy (non-hydrogen) atoms. The van der Waals surface area contributed by atoms with Crippen molar-refractivity contribution in [3.05, 3.63) is 65.9 Å². The first-order chi connectivity index (χ1) is 15.5. The number of hydrogen-bond acceptors (Lipinski definition) is 7. The summed E-state index contributed by atoms with van der Waals surface area (Å²) in [5.74, 6) is 0.357. The van der Waals surface area contributed by atoms with Gasteiger partial charge in [0.2, 0.25) is 5.91 Å². The van der Waals surface area contributed by atoms with E-state index >= 15 is 0 Å². The molecule has 5 rings (SSSR count). The van der Waals surface area contributed by atoms with Gasteiger partial charge in [0.1, 0.15) is 9.97 Å². The van der Waals surface area contributed by atoms with E-state index < -0.39 is 10.0 Å². The fourth-order valence-corrected chi connectivity index (χ4v) is 7.46. The molecule has 3 aromatic heterocycles.